The van der Waals surface area contributed by atoms with Crippen LogP contribution < -0.4 is 26.2 Å². The molecule has 0 saturated heterocycles. The summed E-state index contributed by atoms with van der Waals surface area (Å²) < 4.78 is 87.8. The van der Waals surface area contributed by atoms with E-state index in [1.165, 1.54) is 23.1 Å². The highest BCUT2D eigenvalue weighted by Crippen LogP contribution is 2.48. The van der Waals surface area contributed by atoms with Crippen LogP contribution >= 0.6 is 0 Å². The molecule has 0 amide bonds. The van der Waals surface area contributed by atoms with Gasteiger partial charge in [-0.3, -0.25) is 0 Å². The minimum absolute atomic E-state index is 0.0391. The lowest BCUT2D eigenvalue weighted by Gasteiger charge is -2.44. The molecule has 0 bridgehead atoms. The fraction of sp³-hybridized carbons (Fsp3) is 0.0351. The summed E-state index contributed by atoms with van der Waals surface area (Å²) in [5, 5.41) is 11.6. The molecule has 0 spiro atoms. The van der Waals surface area contributed by atoms with Gasteiger partial charge >= 0.3 is 12.4 Å². The molecule has 1 aromatic heterocycles. The number of aromatic nitrogens is 1. The molecule has 0 fully saturated rings. The molecule has 2 aliphatic rings. The molecular formula is C57H33BF6N4. The van der Waals surface area contributed by atoms with Crippen molar-refractivity contribution in [2.75, 3.05) is 9.80 Å². The highest BCUT2D eigenvalue weighted by atomic mass is 19.4. The van der Waals surface area contributed by atoms with Crippen LogP contribution in [0.4, 0.5) is 60.5 Å². The van der Waals surface area contributed by atoms with Crippen molar-refractivity contribution in [3.63, 3.8) is 0 Å². The molecule has 9 aromatic carbocycles. The first kappa shape index (κ1) is 41.0. The lowest BCUT2D eigenvalue weighted by Crippen LogP contribution is -2.61. The largest absolute Gasteiger partial charge is 0.417 e. The molecule has 0 N–H and O–H groups in total. The number of rotatable bonds is 5. The molecule has 4 nitrogen and oxygen atoms in total. The van der Waals surface area contributed by atoms with Crippen LogP contribution in [-0.2, 0) is 12.4 Å². The first-order valence-electron chi connectivity index (χ1n) is 21.9. The van der Waals surface area contributed by atoms with Crippen molar-refractivity contribution in [2.24, 2.45) is 0 Å². The van der Waals surface area contributed by atoms with Gasteiger partial charge < -0.3 is 14.4 Å². The van der Waals surface area contributed by atoms with E-state index in [1.54, 1.807) is 6.07 Å². The predicted octanol–water partition coefficient (Wildman–Crippen LogP) is 14.1. The summed E-state index contributed by atoms with van der Waals surface area (Å²) >= 11 is 0. The standard InChI is InChI=1S/C57H33BF6N4/c59-56(60,61)38-25-26-41(45(33-38)57(62,63)64)43-29-35(34-65)23-27-49(43)68-48-20-10-7-17-42(48)44-30-36(24-28-50(44)68)37-31-53-55-54(32-37)67(40-15-5-2-6-16-40)52-22-12-9-19-47(52)58(55)46-18-8-11-21-51(46)66(53)39-13-3-1-4-14-39/h1-33H. The van der Waals surface area contributed by atoms with Crippen molar-refractivity contribution in [2.45, 2.75) is 12.4 Å². The number of hydrogen-bond donors (Lipinski definition) is 0. The predicted molar refractivity (Wildman–Crippen MR) is 260 cm³/mol. The molecule has 2 aliphatic heterocycles. The van der Waals surface area contributed by atoms with Crippen LogP contribution in [0.15, 0.2) is 200 Å². The Hall–Kier alpha value is -8.49. The van der Waals surface area contributed by atoms with Crippen LogP contribution in [0.2, 0.25) is 0 Å². The zero-order chi connectivity index (χ0) is 46.5. The van der Waals surface area contributed by atoms with E-state index < -0.39 is 29.0 Å². The fourth-order valence-corrected chi connectivity index (χ4v) is 10.4. The quantitative estimate of drug-likeness (QED) is 0.128. The van der Waals surface area contributed by atoms with Gasteiger partial charge in [0.1, 0.15) is 0 Å². The monoisotopic (exact) mass is 898 g/mol. The molecule has 11 heteroatoms. The number of nitriles is 1. The molecule has 68 heavy (non-hydrogen) atoms. The van der Waals surface area contributed by atoms with E-state index in [9.17, 15) is 31.6 Å². The van der Waals surface area contributed by atoms with Gasteiger partial charge in [-0.05, 0) is 130 Å². The Morgan fingerprint density at radius 2 is 1.00 bits per heavy atom. The van der Waals surface area contributed by atoms with Crippen molar-refractivity contribution in [1.82, 2.24) is 4.57 Å². The third-order valence-corrected chi connectivity index (χ3v) is 13.2. The SMILES string of the molecule is N#Cc1ccc(-n2c3ccccc3c3cc(-c4cc5c6c(c4)N(c4ccccc4)c4ccccc4B6c4ccccc4N5c4ccccc4)ccc32)c(-c2ccc(C(F)(F)F)cc2C(F)(F)F)c1. The second kappa shape index (κ2) is 15.3. The van der Waals surface area contributed by atoms with Crippen LogP contribution in [0.1, 0.15) is 16.7 Å². The molecule has 10 aromatic rings. The number of anilines is 6. The Kier molecular flexibility index (Phi) is 9.22. The lowest BCUT2D eigenvalue weighted by atomic mass is 9.33. The van der Waals surface area contributed by atoms with Crippen LogP contribution in [-0.4, -0.2) is 11.3 Å². The van der Waals surface area contributed by atoms with E-state index in [-0.39, 0.29) is 29.6 Å². The van der Waals surface area contributed by atoms with Gasteiger partial charge in [0.05, 0.1) is 39.5 Å². The van der Waals surface area contributed by atoms with Gasteiger partial charge in [-0.2, -0.15) is 31.6 Å². The lowest BCUT2D eigenvalue weighted by molar-refractivity contribution is -0.142. The fourth-order valence-electron chi connectivity index (χ4n) is 10.4. The number of nitrogens with zero attached hydrogens (tertiary/aromatic N) is 4. The first-order chi connectivity index (χ1) is 33.0. The third-order valence-electron chi connectivity index (χ3n) is 13.2. The maximum absolute atomic E-state index is 14.8. The summed E-state index contributed by atoms with van der Waals surface area (Å²) in [5.41, 5.74) is 9.77. The zero-order valence-corrected chi connectivity index (χ0v) is 35.7. The van der Waals surface area contributed by atoms with Gasteiger partial charge in [-0.15, -0.1) is 0 Å². The van der Waals surface area contributed by atoms with E-state index in [4.69, 9.17) is 0 Å². The Balaban J connectivity index is 1.11. The van der Waals surface area contributed by atoms with Crippen LogP contribution in [0.3, 0.4) is 0 Å². The van der Waals surface area contributed by atoms with Crippen LogP contribution in [0.25, 0.3) is 49.7 Å². The van der Waals surface area contributed by atoms with Crippen molar-refractivity contribution in [3.05, 3.63) is 217 Å². The minimum atomic E-state index is -5.14. The number of alkyl halides is 6. The number of halogens is 6. The molecule has 0 unspecified atom stereocenters. The van der Waals surface area contributed by atoms with E-state index >= 15 is 0 Å². The van der Waals surface area contributed by atoms with Gasteiger partial charge in [0.25, 0.3) is 6.71 Å². The summed E-state index contributed by atoms with van der Waals surface area (Å²) in [4.78, 5) is 4.66. The first-order valence-corrected chi connectivity index (χ1v) is 21.9. The molecule has 0 radical (unpaired) electrons. The topological polar surface area (TPSA) is 35.2 Å². The number of hydrogen-bond acceptors (Lipinski definition) is 3. The average Bonchev–Trinajstić information content (AvgIpc) is 3.69. The van der Waals surface area contributed by atoms with Crippen molar-refractivity contribution >= 4 is 79.0 Å². The summed E-state index contributed by atoms with van der Waals surface area (Å²) in [6.45, 7) is -0.0778. The van der Waals surface area contributed by atoms with Crippen molar-refractivity contribution in [1.29, 1.82) is 5.26 Å². The van der Waals surface area contributed by atoms with E-state index in [1.807, 2.05) is 83.4 Å². The smallest absolute Gasteiger partial charge is 0.311 e. The van der Waals surface area contributed by atoms with Gasteiger partial charge in [0, 0.05) is 50.5 Å². The second-order valence-electron chi connectivity index (χ2n) is 17.0. The number of para-hydroxylation sites is 5. The minimum Gasteiger partial charge on any atom is -0.311 e. The highest BCUT2D eigenvalue weighted by Gasteiger charge is 2.44. The maximum atomic E-state index is 14.8. The third kappa shape index (κ3) is 6.39. The van der Waals surface area contributed by atoms with Gasteiger partial charge in [0.2, 0.25) is 0 Å². The van der Waals surface area contributed by atoms with Crippen molar-refractivity contribution < 1.29 is 26.3 Å². The normalized spacial score (nSPS) is 13.0. The van der Waals surface area contributed by atoms with E-state index in [2.05, 4.69) is 101 Å². The zero-order valence-electron chi connectivity index (χ0n) is 35.7. The van der Waals surface area contributed by atoms with Crippen molar-refractivity contribution in [3.8, 4) is 34.0 Å². The number of fused-ring (bicyclic) bond motifs is 7. The number of benzene rings is 9. The van der Waals surface area contributed by atoms with E-state index in [0.29, 0.717) is 17.1 Å². The molecule has 0 aliphatic carbocycles. The van der Waals surface area contributed by atoms with Gasteiger partial charge in [0.15, 0.2) is 0 Å². The Labute approximate surface area is 386 Å². The molecule has 326 valence electrons. The summed E-state index contributed by atoms with van der Waals surface area (Å²) in [5.74, 6) is 0. The summed E-state index contributed by atoms with van der Waals surface area (Å²) in [6.07, 6.45) is -10.1. The van der Waals surface area contributed by atoms with E-state index in [0.717, 1.165) is 67.6 Å². The molecule has 0 saturated carbocycles. The Bertz CT molecular complexity index is 3590. The Morgan fingerprint density at radius 3 is 1.60 bits per heavy atom. The van der Waals surface area contributed by atoms with Gasteiger partial charge in [-0.1, -0.05) is 103 Å². The molecule has 12 rings (SSSR count). The molecular weight excluding hydrogens is 865 g/mol. The maximum Gasteiger partial charge on any atom is 0.417 e. The molecule has 0 atom stereocenters. The van der Waals surface area contributed by atoms with Crippen LogP contribution in [0, 0.1) is 11.3 Å². The van der Waals surface area contributed by atoms with Crippen LogP contribution in [0.5, 0.6) is 0 Å². The molecule has 3 heterocycles. The average molecular weight is 899 g/mol. The Morgan fingerprint density at radius 1 is 0.426 bits per heavy atom. The second-order valence-corrected chi connectivity index (χ2v) is 17.0. The summed E-state index contributed by atoms with van der Waals surface area (Å²) in [6, 6.07) is 63.8. The summed E-state index contributed by atoms with van der Waals surface area (Å²) in [7, 11) is 0. The van der Waals surface area contributed by atoms with Gasteiger partial charge in [-0.25, -0.2) is 0 Å². The highest BCUT2D eigenvalue weighted by molar-refractivity contribution is 7.00.